The van der Waals surface area contributed by atoms with Gasteiger partial charge in [-0.15, -0.1) is 0 Å². The Hall–Kier alpha value is -2.44. The van der Waals surface area contributed by atoms with Crippen LogP contribution in [-0.2, 0) is 4.79 Å². The van der Waals surface area contributed by atoms with Crippen LogP contribution in [0.2, 0.25) is 10.0 Å². The fourth-order valence-electron chi connectivity index (χ4n) is 1.87. The Labute approximate surface area is 148 Å². The first-order chi connectivity index (χ1) is 11.4. The second kappa shape index (κ2) is 7.90. The van der Waals surface area contributed by atoms with Crippen LogP contribution in [0.3, 0.4) is 0 Å². The highest BCUT2D eigenvalue weighted by Crippen LogP contribution is 2.27. The van der Waals surface area contributed by atoms with E-state index in [1.807, 2.05) is 0 Å². The van der Waals surface area contributed by atoms with E-state index in [1.165, 1.54) is 24.4 Å². The summed E-state index contributed by atoms with van der Waals surface area (Å²) in [7, 11) is 0. The van der Waals surface area contributed by atoms with E-state index in [4.69, 9.17) is 27.9 Å². The minimum atomic E-state index is -0.506. The molecule has 0 heterocycles. The molecule has 6 nitrogen and oxygen atoms in total. The molecule has 8 heteroatoms. The monoisotopic (exact) mass is 368 g/mol. The van der Waals surface area contributed by atoms with Crippen molar-refractivity contribution in [3.8, 4) is 17.2 Å². The predicted octanol–water partition coefficient (Wildman–Crippen LogP) is 3.24. The van der Waals surface area contributed by atoms with Crippen molar-refractivity contribution in [3.63, 3.8) is 0 Å². The molecular formula is C16H14Cl2N2O4. The minimum Gasteiger partial charge on any atom is -0.508 e. The molecule has 0 atom stereocenters. The van der Waals surface area contributed by atoms with E-state index in [9.17, 15) is 15.0 Å². The fourth-order valence-corrected chi connectivity index (χ4v) is 2.33. The number of phenols is 2. The molecule has 0 unspecified atom stereocenters. The standard InChI is InChI=1S/C16H14Cl2N2O4/c1-9-4-11(21)6-14(22)12(9)7-19-20-16(23)8-24-15-3-2-10(17)5-13(15)18/h2-7,21-22H,8H2,1H3,(H,20,23)/b19-7-. The van der Waals surface area contributed by atoms with Crippen LogP contribution < -0.4 is 10.2 Å². The van der Waals surface area contributed by atoms with Crippen molar-refractivity contribution in [2.75, 3.05) is 6.61 Å². The molecule has 3 N–H and O–H groups in total. The summed E-state index contributed by atoms with van der Waals surface area (Å²) in [5.41, 5.74) is 3.25. The van der Waals surface area contributed by atoms with Gasteiger partial charge in [0.05, 0.1) is 11.2 Å². The Kier molecular flexibility index (Phi) is 5.89. The number of carbonyl (C=O) groups excluding carboxylic acids is 1. The highest BCUT2D eigenvalue weighted by Gasteiger charge is 2.07. The van der Waals surface area contributed by atoms with Crippen molar-refractivity contribution in [3.05, 3.63) is 51.5 Å². The fraction of sp³-hybridized carbons (Fsp3) is 0.125. The average Bonchev–Trinajstić information content (AvgIpc) is 2.49. The lowest BCUT2D eigenvalue weighted by Crippen LogP contribution is -2.24. The number of halogens is 2. The summed E-state index contributed by atoms with van der Waals surface area (Å²) in [5.74, 6) is -0.380. The lowest BCUT2D eigenvalue weighted by molar-refractivity contribution is -0.123. The maximum absolute atomic E-state index is 11.7. The van der Waals surface area contributed by atoms with Crippen molar-refractivity contribution < 1.29 is 19.7 Å². The number of ether oxygens (including phenoxy) is 1. The van der Waals surface area contributed by atoms with Gasteiger partial charge in [-0.3, -0.25) is 4.79 Å². The third-order valence-electron chi connectivity index (χ3n) is 2.99. The molecule has 2 aromatic rings. The van der Waals surface area contributed by atoms with Gasteiger partial charge in [-0.05, 0) is 36.8 Å². The molecule has 0 aliphatic carbocycles. The lowest BCUT2D eigenvalue weighted by Gasteiger charge is -2.07. The number of hydrogen-bond donors (Lipinski definition) is 3. The van der Waals surface area contributed by atoms with Crippen LogP contribution in [0.25, 0.3) is 0 Å². The normalized spacial score (nSPS) is 10.8. The minimum absolute atomic E-state index is 0.0561. The average molecular weight is 369 g/mol. The topological polar surface area (TPSA) is 91.1 Å². The Morgan fingerprint density at radius 2 is 2.04 bits per heavy atom. The number of aryl methyl sites for hydroxylation is 1. The van der Waals surface area contributed by atoms with Crippen molar-refractivity contribution >= 4 is 35.3 Å². The van der Waals surface area contributed by atoms with E-state index >= 15 is 0 Å². The molecule has 0 aliphatic heterocycles. The first-order valence-electron chi connectivity index (χ1n) is 6.79. The van der Waals surface area contributed by atoms with Gasteiger partial charge in [0.25, 0.3) is 5.91 Å². The second-order valence-corrected chi connectivity index (χ2v) is 5.70. The van der Waals surface area contributed by atoms with E-state index in [0.717, 1.165) is 0 Å². The van der Waals surface area contributed by atoms with Crippen LogP contribution in [0.1, 0.15) is 11.1 Å². The molecule has 0 spiro atoms. The maximum Gasteiger partial charge on any atom is 0.277 e. The van der Waals surface area contributed by atoms with E-state index in [0.29, 0.717) is 26.9 Å². The smallest absolute Gasteiger partial charge is 0.277 e. The Balaban J connectivity index is 1.91. The second-order valence-electron chi connectivity index (χ2n) is 4.85. The summed E-state index contributed by atoms with van der Waals surface area (Å²) in [5, 5.41) is 23.6. The highest BCUT2D eigenvalue weighted by atomic mass is 35.5. The zero-order chi connectivity index (χ0) is 17.7. The number of carbonyl (C=O) groups is 1. The SMILES string of the molecule is Cc1cc(O)cc(O)c1/C=N\NC(=O)COc1ccc(Cl)cc1Cl. The first-order valence-corrected chi connectivity index (χ1v) is 7.54. The summed E-state index contributed by atoms with van der Waals surface area (Å²) in [6.45, 7) is 1.40. The quantitative estimate of drug-likeness (QED) is 0.557. The van der Waals surface area contributed by atoms with E-state index in [1.54, 1.807) is 19.1 Å². The number of hydrogen-bond acceptors (Lipinski definition) is 5. The molecule has 0 aliphatic rings. The van der Waals surface area contributed by atoms with Crippen LogP contribution in [0.4, 0.5) is 0 Å². The predicted molar refractivity (Wildman–Crippen MR) is 92.2 cm³/mol. The van der Waals surface area contributed by atoms with Crippen molar-refractivity contribution in [2.24, 2.45) is 5.10 Å². The molecule has 0 saturated heterocycles. The molecule has 1 amide bonds. The van der Waals surface area contributed by atoms with Gasteiger partial charge < -0.3 is 14.9 Å². The van der Waals surface area contributed by atoms with Gasteiger partial charge in [0.15, 0.2) is 6.61 Å². The van der Waals surface area contributed by atoms with Crippen molar-refractivity contribution in [1.82, 2.24) is 5.43 Å². The lowest BCUT2D eigenvalue weighted by atomic mass is 10.1. The van der Waals surface area contributed by atoms with Crippen molar-refractivity contribution in [2.45, 2.75) is 6.92 Å². The van der Waals surface area contributed by atoms with Crippen LogP contribution in [-0.4, -0.2) is 28.9 Å². The number of rotatable bonds is 5. The third-order valence-corrected chi connectivity index (χ3v) is 3.52. The van der Waals surface area contributed by atoms with Crippen LogP contribution in [0, 0.1) is 6.92 Å². The third kappa shape index (κ3) is 4.78. The number of phenolic OH excluding ortho intramolecular Hbond substituents is 2. The maximum atomic E-state index is 11.7. The molecule has 0 aromatic heterocycles. The first kappa shape index (κ1) is 17.9. The zero-order valence-electron chi connectivity index (χ0n) is 12.6. The molecule has 0 fully saturated rings. The Morgan fingerprint density at radius 1 is 1.29 bits per heavy atom. The van der Waals surface area contributed by atoms with E-state index in [-0.39, 0.29) is 18.1 Å². The number of benzene rings is 2. The summed E-state index contributed by atoms with van der Waals surface area (Å²) in [4.78, 5) is 11.7. The largest absolute Gasteiger partial charge is 0.508 e. The van der Waals surface area contributed by atoms with Crippen molar-refractivity contribution in [1.29, 1.82) is 0 Å². The molecule has 0 bridgehead atoms. The highest BCUT2D eigenvalue weighted by molar-refractivity contribution is 6.35. The van der Waals surface area contributed by atoms with Crippen LogP contribution >= 0.6 is 23.2 Å². The molecule has 0 radical (unpaired) electrons. The van der Waals surface area contributed by atoms with Crippen LogP contribution in [0.5, 0.6) is 17.2 Å². The van der Waals surface area contributed by atoms with Gasteiger partial charge in [-0.25, -0.2) is 5.43 Å². The van der Waals surface area contributed by atoms with Gasteiger partial charge in [0.1, 0.15) is 17.2 Å². The number of nitrogens with zero attached hydrogens (tertiary/aromatic N) is 1. The van der Waals surface area contributed by atoms with Gasteiger partial charge >= 0.3 is 0 Å². The van der Waals surface area contributed by atoms with E-state index in [2.05, 4.69) is 10.5 Å². The number of hydrazone groups is 1. The molecular weight excluding hydrogens is 355 g/mol. The molecule has 24 heavy (non-hydrogen) atoms. The van der Waals surface area contributed by atoms with Gasteiger partial charge in [0.2, 0.25) is 0 Å². The van der Waals surface area contributed by atoms with Gasteiger partial charge in [0, 0.05) is 16.7 Å². The molecule has 0 saturated carbocycles. The summed E-state index contributed by atoms with van der Waals surface area (Å²) < 4.78 is 5.26. The molecule has 2 aromatic carbocycles. The zero-order valence-corrected chi connectivity index (χ0v) is 14.1. The van der Waals surface area contributed by atoms with Crippen LogP contribution in [0.15, 0.2) is 35.4 Å². The number of aromatic hydroxyl groups is 2. The van der Waals surface area contributed by atoms with Gasteiger partial charge in [-0.1, -0.05) is 23.2 Å². The summed E-state index contributed by atoms with van der Waals surface area (Å²) in [6.07, 6.45) is 1.28. The number of amides is 1. The van der Waals surface area contributed by atoms with E-state index < -0.39 is 5.91 Å². The Bertz CT molecular complexity index is 771. The summed E-state index contributed by atoms with van der Waals surface area (Å²) in [6, 6.07) is 7.30. The number of nitrogens with one attached hydrogen (secondary N) is 1. The van der Waals surface area contributed by atoms with Gasteiger partial charge in [-0.2, -0.15) is 5.10 Å². The summed E-state index contributed by atoms with van der Waals surface area (Å²) >= 11 is 11.7. The Morgan fingerprint density at radius 3 is 2.71 bits per heavy atom. The molecule has 126 valence electrons. The molecule has 2 rings (SSSR count).